The van der Waals surface area contributed by atoms with Crippen molar-refractivity contribution in [1.82, 2.24) is 9.21 Å². The predicted octanol–water partition coefficient (Wildman–Crippen LogP) is 2.45. The molecule has 29 heavy (non-hydrogen) atoms. The maximum absolute atomic E-state index is 12.8. The third-order valence-corrected chi connectivity index (χ3v) is 6.77. The van der Waals surface area contributed by atoms with Gasteiger partial charge in [-0.05, 0) is 30.2 Å². The summed E-state index contributed by atoms with van der Waals surface area (Å²) in [6.45, 7) is 2.56. The molecule has 0 unspecified atom stereocenters. The first-order chi connectivity index (χ1) is 13.8. The molecule has 1 saturated heterocycles. The zero-order chi connectivity index (χ0) is 21.0. The third-order valence-electron chi connectivity index (χ3n) is 4.82. The average Bonchev–Trinajstić information content (AvgIpc) is 2.73. The van der Waals surface area contributed by atoms with Crippen LogP contribution in [0.3, 0.4) is 0 Å². The molecular weight excluding hydrogens is 394 g/mol. The normalized spacial score (nSPS) is 15.6. The predicted molar refractivity (Wildman–Crippen MR) is 109 cm³/mol. The van der Waals surface area contributed by atoms with Crippen LogP contribution in [0.15, 0.2) is 59.5 Å². The number of benzene rings is 2. The highest BCUT2D eigenvalue weighted by Gasteiger charge is 2.34. The van der Waals surface area contributed by atoms with E-state index in [0.29, 0.717) is 0 Å². The Labute approximate surface area is 169 Å². The van der Waals surface area contributed by atoms with Gasteiger partial charge in [0.2, 0.25) is 15.9 Å². The second-order valence-electron chi connectivity index (χ2n) is 6.64. The van der Waals surface area contributed by atoms with Crippen LogP contribution in [-0.2, 0) is 14.8 Å². The van der Waals surface area contributed by atoms with Crippen LogP contribution in [0, 0.1) is 17.0 Å². The minimum Gasteiger partial charge on any atom is -0.337 e. The smallest absolute Gasteiger partial charge is 0.289 e. The first-order valence-corrected chi connectivity index (χ1v) is 10.5. The van der Waals surface area contributed by atoms with Crippen LogP contribution in [0.1, 0.15) is 11.1 Å². The van der Waals surface area contributed by atoms with Crippen molar-refractivity contribution in [2.45, 2.75) is 11.8 Å². The van der Waals surface area contributed by atoms with E-state index in [1.807, 2.05) is 31.2 Å². The molecule has 0 bridgehead atoms. The molecule has 0 atom stereocenters. The SMILES string of the molecule is Cc1ccccc1/C=C/C(=O)N1CCN(S(=O)(=O)c2ccccc2[N+](=O)[O-])CC1. The molecule has 1 aliphatic heterocycles. The summed E-state index contributed by atoms with van der Waals surface area (Å²) in [4.78, 5) is 24.1. The maximum atomic E-state index is 12.8. The Morgan fingerprint density at radius 1 is 1.03 bits per heavy atom. The highest BCUT2D eigenvalue weighted by molar-refractivity contribution is 7.89. The van der Waals surface area contributed by atoms with Crippen molar-refractivity contribution in [3.63, 3.8) is 0 Å². The fourth-order valence-corrected chi connectivity index (χ4v) is 4.73. The Hall–Kier alpha value is -3.04. The molecule has 0 radical (unpaired) electrons. The second-order valence-corrected chi connectivity index (χ2v) is 8.55. The van der Waals surface area contributed by atoms with Gasteiger partial charge >= 0.3 is 0 Å². The Morgan fingerprint density at radius 3 is 2.31 bits per heavy atom. The number of para-hydroxylation sites is 1. The molecule has 152 valence electrons. The molecule has 1 heterocycles. The summed E-state index contributed by atoms with van der Waals surface area (Å²) < 4.78 is 26.9. The Bertz CT molecular complexity index is 1060. The largest absolute Gasteiger partial charge is 0.337 e. The van der Waals surface area contributed by atoms with Crippen LogP contribution < -0.4 is 0 Å². The van der Waals surface area contributed by atoms with Crippen molar-refractivity contribution >= 4 is 27.7 Å². The number of aryl methyl sites for hydroxylation is 1. The molecular formula is C20H21N3O5S. The van der Waals surface area contributed by atoms with E-state index in [0.717, 1.165) is 11.1 Å². The number of carbonyl (C=O) groups is 1. The highest BCUT2D eigenvalue weighted by atomic mass is 32.2. The molecule has 1 fully saturated rings. The van der Waals surface area contributed by atoms with Crippen LogP contribution in [-0.4, -0.2) is 54.6 Å². The van der Waals surface area contributed by atoms with Gasteiger partial charge in [0.1, 0.15) is 0 Å². The van der Waals surface area contributed by atoms with E-state index >= 15 is 0 Å². The lowest BCUT2D eigenvalue weighted by atomic mass is 10.1. The molecule has 0 spiro atoms. The number of carbonyl (C=O) groups excluding carboxylic acids is 1. The van der Waals surface area contributed by atoms with Gasteiger partial charge in [-0.3, -0.25) is 14.9 Å². The number of nitro groups is 1. The average molecular weight is 415 g/mol. The molecule has 2 aromatic rings. The lowest BCUT2D eigenvalue weighted by Gasteiger charge is -2.33. The molecule has 0 N–H and O–H groups in total. The van der Waals surface area contributed by atoms with E-state index in [2.05, 4.69) is 0 Å². The fraction of sp³-hybridized carbons (Fsp3) is 0.250. The van der Waals surface area contributed by atoms with Gasteiger partial charge in [-0.2, -0.15) is 4.31 Å². The first-order valence-electron chi connectivity index (χ1n) is 9.07. The summed E-state index contributed by atoms with van der Waals surface area (Å²) in [5.41, 5.74) is 1.54. The summed E-state index contributed by atoms with van der Waals surface area (Å²) in [5.74, 6) is -0.198. The zero-order valence-corrected chi connectivity index (χ0v) is 16.7. The number of amides is 1. The lowest BCUT2D eigenvalue weighted by molar-refractivity contribution is -0.387. The maximum Gasteiger partial charge on any atom is 0.289 e. The third kappa shape index (κ3) is 4.52. The monoisotopic (exact) mass is 415 g/mol. The topological polar surface area (TPSA) is 101 Å². The van der Waals surface area contributed by atoms with E-state index < -0.39 is 20.6 Å². The fourth-order valence-electron chi connectivity index (χ4n) is 3.15. The molecule has 0 aliphatic carbocycles. The molecule has 0 aromatic heterocycles. The van der Waals surface area contributed by atoms with Crippen molar-refractivity contribution in [1.29, 1.82) is 0 Å². The summed E-state index contributed by atoms with van der Waals surface area (Å²) in [7, 11) is -4.01. The number of hydrogen-bond acceptors (Lipinski definition) is 5. The number of hydrogen-bond donors (Lipinski definition) is 0. The van der Waals surface area contributed by atoms with E-state index in [4.69, 9.17) is 0 Å². The first kappa shape index (κ1) is 20.7. The van der Waals surface area contributed by atoms with E-state index in [-0.39, 0.29) is 37.0 Å². The summed E-state index contributed by atoms with van der Waals surface area (Å²) >= 11 is 0. The number of rotatable bonds is 5. The van der Waals surface area contributed by atoms with Gasteiger partial charge < -0.3 is 4.90 Å². The van der Waals surface area contributed by atoms with Crippen LogP contribution in [0.25, 0.3) is 6.08 Å². The highest BCUT2D eigenvalue weighted by Crippen LogP contribution is 2.27. The minimum atomic E-state index is -4.01. The second kappa shape index (κ2) is 8.54. The van der Waals surface area contributed by atoms with Gasteiger partial charge in [0, 0.05) is 38.3 Å². The van der Waals surface area contributed by atoms with Crippen molar-refractivity contribution < 1.29 is 18.1 Å². The van der Waals surface area contributed by atoms with E-state index in [1.165, 1.54) is 34.6 Å². The Balaban J connectivity index is 1.68. The Kier molecular flexibility index (Phi) is 6.09. The van der Waals surface area contributed by atoms with E-state index in [9.17, 15) is 23.3 Å². The van der Waals surface area contributed by atoms with Gasteiger partial charge in [0.15, 0.2) is 4.90 Å². The van der Waals surface area contributed by atoms with Crippen molar-refractivity contribution in [3.05, 3.63) is 75.8 Å². The van der Waals surface area contributed by atoms with Crippen LogP contribution in [0.5, 0.6) is 0 Å². The number of sulfonamides is 1. The van der Waals surface area contributed by atoms with Crippen LogP contribution in [0.2, 0.25) is 0 Å². The van der Waals surface area contributed by atoms with Gasteiger partial charge in [0.05, 0.1) is 4.92 Å². The van der Waals surface area contributed by atoms with Crippen molar-refractivity contribution in [3.8, 4) is 0 Å². The zero-order valence-electron chi connectivity index (χ0n) is 15.9. The molecule has 0 saturated carbocycles. The van der Waals surface area contributed by atoms with Crippen molar-refractivity contribution in [2.75, 3.05) is 26.2 Å². The Morgan fingerprint density at radius 2 is 1.66 bits per heavy atom. The number of nitro benzene ring substituents is 1. The summed E-state index contributed by atoms with van der Waals surface area (Å²) in [5, 5.41) is 11.2. The standard InChI is InChI=1S/C20H21N3O5S/c1-16-6-2-3-7-17(16)10-11-20(24)21-12-14-22(15-13-21)29(27,28)19-9-5-4-8-18(19)23(25)26/h2-11H,12-15H2,1H3/b11-10+. The van der Waals surface area contributed by atoms with Crippen LogP contribution >= 0.6 is 0 Å². The molecule has 9 heteroatoms. The van der Waals surface area contributed by atoms with Gasteiger partial charge in [-0.25, -0.2) is 8.42 Å². The lowest BCUT2D eigenvalue weighted by Crippen LogP contribution is -2.50. The quantitative estimate of drug-likeness (QED) is 0.424. The van der Waals surface area contributed by atoms with E-state index in [1.54, 1.807) is 11.0 Å². The molecule has 1 aliphatic rings. The number of nitrogens with zero attached hydrogens (tertiary/aromatic N) is 3. The van der Waals surface area contributed by atoms with Gasteiger partial charge in [-0.15, -0.1) is 0 Å². The van der Waals surface area contributed by atoms with Crippen LogP contribution in [0.4, 0.5) is 5.69 Å². The van der Waals surface area contributed by atoms with Gasteiger partial charge in [0.25, 0.3) is 5.69 Å². The van der Waals surface area contributed by atoms with Crippen molar-refractivity contribution in [2.24, 2.45) is 0 Å². The number of piperazine rings is 1. The minimum absolute atomic E-state index is 0.0817. The molecule has 8 nitrogen and oxygen atoms in total. The van der Waals surface area contributed by atoms with Gasteiger partial charge in [-0.1, -0.05) is 36.4 Å². The molecule has 2 aromatic carbocycles. The summed E-state index contributed by atoms with van der Waals surface area (Å²) in [6.07, 6.45) is 3.22. The molecule has 1 amide bonds. The summed E-state index contributed by atoms with van der Waals surface area (Å²) in [6, 6.07) is 13.0. The molecule has 3 rings (SSSR count).